The molecule has 0 aliphatic carbocycles. The lowest BCUT2D eigenvalue weighted by Gasteiger charge is -2.19. The topological polar surface area (TPSA) is 19.7 Å². The summed E-state index contributed by atoms with van der Waals surface area (Å²) in [6.45, 7) is 1.58. The first kappa shape index (κ1) is 29.2. The summed E-state index contributed by atoms with van der Waals surface area (Å²) < 4.78 is 9.10. The van der Waals surface area contributed by atoms with Gasteiger partial charge in [-0.2, -0.15) is 0 Å². The van der Waals surface area contributed by atoms with Crippen molar-refractivity contribution in [1.82, 2.24) is 18.3 Å². The molecule has 0 amide bonds. The van der Waals surface area contributed by atoms with E-state index in [9.17, 15) is 0 Å². The van der Waals surface area contributed by atoms with Gasteiger partial charge in [-0.05, 0) is 36.4 Å². The van der Waals surface area contributed by atoms with E-state index in [-0.39, 0.29) is 0 Å². The summed E-state index contributed by atoms with van der Waals surface area (Å²) in [7, 11) is 0. The van der Waals surface area contributed by atoms with E-state index in [4.69, 9.17) is 25.7 Å². The number of nitrogens with zero attached hydrogens (tertiary/aromatic N) is 4. The van der Waals surface area contributed by atoms with Gasteiger partial charge < -0.3 is 18.3 Å². The molecule has 4 nitrogen and oxygen atoms in total. The van der Waals surface area contributed by atoms with E-state index < -0.39 is 0 Å². The number of hydrogen-bond donors (Lipinski definition) is 0. The molecule has 0 aliphatic rings. The van der Waals surface area contributed by atoms with Gasteiger partial charge in [-0.25, -0.2) is 0 Å². The highest BCUT2D eigenvalue weighted by atomic mass is 15.0. The Morgan fingerprint density at radius 1 is 0.400 bits per heavy atom. The highest BCUT2D eigenvalue weighted by molar-refractivity contribution is 6.32. The maximum absolute atomic E-state index is 6.18. The summed E-state index contributed by atoms with van der Waals surface area (Å²) >= 11 is 0. The second-order valence-corrected chi connectivity index (χ2v) is 12.6. The van der Waals surface area contributed by atoms with Crippen LogP contribution in [0.3, 0.4) is 0 Å². The SMILES string of the molecule is C#CCn1c(-c2c3c4ccccc4n(CC#C)c3c(-c3cc4ccccc4n3CC#C)c3c4ccccc4n(CC#C)c23)cc2ccccc21. The molecule has 5 aromatic carbocycles. The summed E-state index contributed by atoms with van der Waals surface area (Å²) in [6, 6.07) is 38.4. The Kier molecular flexibility index (Phi) is 6.61. The zero-order chi connectivity index (χ0) is 33.9. The zero-order valence-electron chi connectivity index (χ0n) is 27.3. The molecule has 4 heterocycles. The molecule has 9 aromatic rings. The van der Waals surface area contributed by atoms with E-state index in [1.54, 1.807) is 0 Å². The van der Waals surface area contributed by atoms with E-state index in [0.29, 0.717) is 26.2 Å². The van der Waals surface area contributed by atoms with Crippen LogP contribution in [-0.4, -0.2) is 18.3 Å². The predicted molar refractivity (Wildman–Crippen MR) is 210 cm³/mol. The molecule has 4 aromatic heterocycles. The predicted octanol–water partition coefficient (Wildman–Crippen LogP) is 9.68. The Hall–Kier alpha value is -6.98. The summed E-state index contributed by atoms with van der Waals surface area (Å²) in [6.07, 6.45) is 24.6. The van der Waals surface area contributed by atoms with Crippen molar-refractivity contribution in [2.75, 3.05) is 0 Å². The Bertz CT molecular complexity index is 2820. The van der Waals surface area contributed by atoms with Gasteiger partial charge in [0.1, 0.15) is 0 Å². The van der Waals surface area contributed by atoms with E-state index in [2.05, 4.69) is 151 Å². The lowest BCUT2D eigenvalue weighted by atomic mass is 9.93. The monoisotopic (exact) mass is 638 g/mol. The number of para-hydroxylation sites is 4. The molecule has 0 radical (unpaired) electrons. The van der Waals surface area contributed by atoms with Crippen LogP contribution in [0, 0.1) is 49.4 Å². The van der Waals surface area contributed by atoms with E-state index in [1.165, 1.54) is 0 Å². The third-order valence-corrected chi connectivity index (χ3v) is 10.0. The Balaban J connectivity index is 1.66. The van der Waals surface area contributed by atoms with Crippen molar-refractivity contribution in [3.63, 3.8) is 0 Å². The molecule has 234 valence electrons. The Labute approximate surface area is 290 Å². The number of hydrogen-bond acceptors (Lipinski definition) is 0. The third-order valence-electron chi connectivity index (χ3n) is 10.0. The average Bonchev–Trinajstić information content (AvgIpc) is 3.88. The lowest BCUT2D eigenvalue weighted by Crippen LogP contribution is -2.05. The quantitative estimate of drug-likeness (QED) is 0.162. The molecule has 9 rings (SSSR count). The maximum Gasteiger partial charge on any atom is 0.0841 e. The molecule has 0 N–H and O–H groups in total. The molecule has 0 saturated carbocycles. The highest BCUT2D eigenvalue weighted by Crippen LogP contribution is 2.51. The number of fused-ring (bicyclic) bond motifs is 8. The van der Waals surface area contributed by atoms with Gasteiger partial charge in [0.2, 0.25) is 0 Å². The number of terminal acetylenes is 4. The van der Waals surface area contributed by atoms with Gasteiger partial charge in [0, 0.05) is 54.5 Å². The normalized spacial score (nSPS) is 11.4. The van der Waals surface area contributed by atoms with Crippen LogP contribution in [-0.2, 0) is 26.2 Å². The van der Waals surface area contributed by atoms with Gasteiger partial charge in [-0.15, -0.1) is 25.7 Å². The first-order valence-corrected chi connectivity index (χ1v) is 16.6. The summed E-state index contributed by atoms with van der Waals surface area (Å²) in [5, 5.41) is 6.63. The van der Waals surface area contributed by atoms with Crippen molar-refractivity contribution < 1.29 is 0 Å². The van der Waals surface area contributed by atoms with E-state index >= 15 is 0 Å². The van der Waals surface area contributed by atoms with Crippen molar-refractivity contribution in [2.45, 2.75) is 26.2 Å². The second-order valence-electron chi connectivity index (χ2n) is 12.6. The maximum atomic E-state index is 6.18. The lowest BCUT2D eigenvalue weighted by molar-refractivity contribution is 0.888. The first-order valence-electron chi connectivity index (χ1n) is 16.6. The van der Waals surface area contributed by atoms with Crippen LogP contribution in [0.1, 0.15) is 0 Å². The van der Waals surface area contributed by atoms with Crippen molar-refractivity contribution >= 4 is 65.4 Å². The molecular weight excluding hydrogens is 609 g/mol. The van der Waals surface area contributed by atoms with Gasteiger partial charge >= 0.3 is 0 Å². The van der Waals surface area contributed by atoms with Gasteiger partial charge in [-0.3, -0.25) is 0 Å². The highest BCUT2D eigenvalue weighted by Gasteiger charge is 2.30. The van der Waals surface area contributed by atoms with Gasteiger partial charge in [0.15, 0.2) is 0 Å². The minimum atomic E-state index is 0.383. The van der Waals surface area contributed by atoms with Gasteiger partial charge in [0.25, 0.3) is 0 Å². The molecule has 4 heteroatoms. The number of benzene rings is 5. The van der Waals surface area contributed by atoms with Crippen LogP contribution in [0.2, 0.25) is 0 Å². The van der Waals surface area contributed by atoms with Crippen LogP contribution >= 0.6 is 0 Å². The van der Waals surface area contributed by atoms with Crippen molar-refractivity contribution in [3.05, 3.63) is 109 Å². The summed E-state index contributed by atoms with van der Waals surface area (Å²) in [5.74, 6) is 11.8. The third kappa shape index (κ3) is 3.95. The van der Waals surface area contributed by atoms with Crippen molar-refractivity contribution in [2.24, 2.45) is 0 Å². The molecule has 0 atom stereocenters. The first-order chi connectivity index (χ1) is 24.7. The van der Waals surface area contributed by atoms with Crippen LogP contribution in [0.5, 0.6) is 0 Å². The molecule has 0 aliphatic heterocycles. The molecule has 0 saturated heterocycles. The summed E-state index contributed by atoms with van der Waals surface area (Å²) in [5.41, 5.74) is 10.6. The van der Waals surface area contributed by atoms with Crippen LogP contribution < -0.4 is 0 Å². The van der Waals surface area contributed by atoms with Crippen LogP contribution in [0.25, 0.3) is 87.9 Å². The fraction of sp³-hybridized carbons (Fsp3) is 0.0870. The standard InChI is InChI=1S/C46H30N4/c1-5-25-47-35-21-13-9-17-31(35)29-39(47)43-41-33-19-11-15-23-37(33)50(28-8-4)46(41)44(40-30-32-18-10-14-22-36(32)48(40)26-6-2)42-34-20-12-16-24-38(34)49(27-7-3)45(42)43/h1-4,9-24,29-30H,25-28H2. The smallest absolute Gasteiger partial charge is 0.0841 e. The van der Waals surface area contributed by atoms with Crippen LogP contribution in [0.4, 0.5) is 0 Å². The van der Waals surface area contributed by atoms with Crippen LogP contribution in [0.15, 0.2) is 109 Å². The molecule has 0 unspecified atom stereocenters. The van der Waals surface area contributed by atoms with Crippen molar-refractivity contribution in [3.8, 4) is 71.9 Å². The zero-order valence-corrected chi connectivity index (χ0v) is 27.3. The molecular formula is C46H30N4. The number of rotatable bonds is 6. The van der Waals surface area contributed by atoms with Crippen molar-refractivity contribution in [1.29, 1.82) is 0 Å². The summed E-state index contributed by atoms with van der Waals surface area (Å²) in [4.78, 5) is 0. The van der Waals surface area contributed by atoms with Gasteiger partial charge in [-0.1, -0.05) is 96.5 Å². The fourth-order valence-electron chi connectivity index (χ4n) is 8.24. The minimum Gasteiger partial charge on any atom is -0.329 e. The molecule has 0 bridgehead atoms. The molecule has 0 fully saturated rings. The Morgan fingerprint density at radius 2 is 0.740 bits per heavy atom. The minimum absolute atomic E-state index is 0.383. The van der Waals surface area contributed by atoms with E-state index in [1.807, 2.05) is 0 Å². The molecule has 50 heavy (non-hydrogen) atoms. The van der Waals surface area contributed by atoms with E-state index in [0.717, 1.165) is 87.9 Å². The number of aromatic nitrogens is 4. The average molecular weight is 639 g/mol. The second kappa shape index (κ2) is 11.3. The van der Waals surface area contributed by atoms with Gasteiger partial charge in [0.05, 0.1) is 59.6 Å². The fourth-order valence-corrected chi connectivity index (χ4v) is 8.24. The largest absolute Gasteiger partial charge is 0.329 e. The molecule has 0 spiro atoms. The Morgan fingerprint density at radius 3 is 1.14 bits per heavy atom.